The number of benzene rings is 4. The molecule has 1 amide bonds. The molecule has 0 radical (unpaired) electrons. The van der Waals surface area contributed by atoms with Crippen molar-refractivity contribution in [2.45, 2.75) is 0 Å². The van der Waals surface area contributed by atoms with E-state index in [0.717, 1.165) is 44.7 Å². The zero-order valence-corrected chi connectivity index (χ0v) is 20.0. The Morgan fingerprint density at radius 1 is 0.703 bits per heavy atom. The quantitative estimate of drug-likeness (QED) is 0.195. The van der Waals surface area contributed by atoms with Gasteiger partial charge in [-0.1, -0.05) is 78.9 Å². The van der Waals surface area contributed by atoms with Gasteiger partial charge in [-0.05, 0) is 53.6 Å². The van der Waals surface area contributed by atoms with Crippen molar-refractivity contribution >= 4 is 23.0 Å². The van der Waals surface area contributed by atoms with Crippen LogP contribution in [0.1, 0.15) is 15.9 Å². The lowest BCUT2D eigenvalue weighted by Crippen LogP contribution is -2.17. The van der Waals surface area contributed by atoms with E-state index in [1.54, 1.807) is 6.21 Å². The second kappa shape index (κ2) is 9.84. The van der Waals surface area contributed by atoms with Crippen molar-refractivity contribution in [3.63, 3.8) is 0 Å². The number of rotatable bonds is 6. The Morgan fingerprint density at radius 2 is 1.30 bits per heavy atom. The van der Waals surface area contributed by atoms with Crippen LogP contribution in [0, 0.1) is 0 Å². The van der Waals surface area contributed by atoms with Crippen molar-refractivity contribution < 1.29 is 4.79 Å². The van der Waals surface area contributed by atoms with Crippen LogP contribution in [0.4, 0.5) is 0 Å². The lowest BCUT2D eigenvalue weighted by molar-refractivity contribution is 0.0955. The molecule has 2 N–H and O–H groups in total. The van der Waals surface area contributed by atoms with Crippen molar-refractivity contribution in [2.75, 3.05) is 0 Å². The summed E-state index contributed by atoms with van der Waals surface area (Å²) in [7, 11) is 0. The van der Waals surface area contributed by atoms with Crippen LogP contribution in [-0.4, -0.2) is 21.7 Å². The van der Waals surface area contributed by atoms with E-state index in [-0.39, 0.29) is 5.91 Å². The summed E-state index contributed by atoms with van der Waals surface area (Å²) in [6.45, 7) is 0. The molecule has 0 fully saturated rings. The van der Waals surface area contributed by atoms with Gasteiger partial charge in [0, 0.05) is 33.9 Å². The monoisotopic (exact) mass is 480 g/mol. The molecule has 4 aromatic carbocycles. The van der Waals surface area contributed by atoms with E-state index >= 15 is 0 Å². The summed E-state index contributed by atoms with van der Waals surface area (Å²) in [6.07, 6.45) is 3.53. The molecule has 178 valence electrons. The number of carbonyl (C=O) groups is 1. The minimum absolute atomic E-state index is 0.262. The SMILES string of the molecule is O=C(N/N=C\c1c[nH]c2ccccc12)c1ccc(-n2c(-c3ccccc3)ccc2-c2ccccc2)cc1. The molecule has 0 aliphatic rings. The maximum Gasteiger partial charge on any atom is 0.271 e. The minimum Gasteiger partial charge on any atom is -0.361 e. The Labute approximate surface area is 214 Å². The summed E-state index contributed by atoms with van der Waals surface area (Å²) in [6, 6.07) is 40.5. The number of hydrazone groups is 1. The molecule has 0 aliphatic heterocycles. The summed E-state index contributed by atoms with van der Waals surface area (Å²) in [5, 5.41) is 5.23. The largest absolute Gasteiger partial charge is 0.361 e. The molecule has 37 heavy (non-hydrogen) atoms. The number of nitrogens with zero attached hydrogens (tertiary/aromatic N) is 2. The molecule has 6 rings (SSSR count). The van der Waals surface area contributed by atoms with E-state index < -0.39 is 0 Å². The average molecular weight is 481 g/mol. The number of carbonyl (C=O) groups excluding carboxylic acids is 1. The highest BCUT2D eigenvalue weighted by Gasteiger charge is 2.14. The van der Waals surface area contributed by atoms with Crippen LogP contribution in [-0.2, 0) is 0 Å². The zero-order valence-electron chi connectivity index (χ0n) is 20.0. The molecule has 0 saturated heterocycles. The second-order valence-electron chi connectivity index (χ2n) is 8.71. The number of hydrogen-bond donors (Lipinski definition) is 2. The van der Waals surface area contributed by atoms with E-state index in [2.05, 4.69) is 56.5 Å². The lowest BCUT2D eigenvalue weighted by atomic mass is 10.1. The van der Waals surface area contributed by atoms with Gasteiger partial charge in [-0.2, -0.15) is 5.10 Å². The van der Waals surface area contributed by atoms with Crippen LogP contribution < -0.4 is 5.43 Å². The molecule has 0 saturated carbocycles. The first-order valence-corrected chi connectivity index (χ1v) is 12.1. The number of hydrogen-bond acceptors (Lipinski definition) is 2. The Balaban J connectivity index is 1.28. The fraction of sp³-hybridized carbons (Fsp3) is 0. The predicted octanol–water partition coefficient (Wildman–Crippen LogP) is 7.06. The molecule has 6 aromatic rings. The van der Waals surface area contributed by atoms with E-state index in [1.807, 2.05) is 91.1 Å². The molecule has 0 spiro atoms. The summed E-state index contributed by atoms with van der Waals surface area (Å²) >= 11 is 0. The summed E-state index contributed by atoms with van der Waals surface area (Å²) in [5.74, 6) is -0.262. The molecule has 0 unspecified atom stereocenters. The number of H-pyrrole nitrogens is 1. The fourth-order valence-corrected chi connectivity index (χ4v) is 4.57. The van der Waals surface area contributed by atoms with Crippen molar-refractivity contribution in [1.29, 1.82) is 0 Å². The highest BCUT2D eigenvalue weighted by atomic mass is 16.2. The molecule has 2 heterocycles. The second-order valence-corrected chi connectivity index (χ2v) is 8.71. The third-order valence-electron chi connectivity index (χ3n) is 6.40. The molecule has 5 nitrogen and oxygen atoms in total. The Hall–Kier alpha value is -5.16. The van der Waals surface area contributed by atoms with Crippen molar-refractivity contribution in [1.82, 2.24) is 15.0 Å². The van der Waals surface area contributed by atoms with Gasteiger partial charge in [-0.25, -0.2) is 5.43 Å². The topological polar surface area (TPSA) is 62.2 Å². The van der Waals surface area contributed by atoms with Crippen molar-refractivity contribution in [3.05, 3.63) is 139 Å². The molecule has 2 aromatic heterocycles. The normalized spacial score (nSPS) is 11.2. The number of fused-ring (bicyclic) bond motifs is 1. The molecular weight excluding hydrogens is 456 g/mol. The number of nitrogens with one attached hydrogen (secondary N) is 2. The van der Waals surface area contributed by atoms with Crippen LogP contribution in [0.15, 0.2) is 133 Å². The van der Waals surface area contributed by atoms with E-state index in [9.17, 15) is 4.79 Å². The van der Waals surface area contributed by atoms with Gasteiger partial charge in [-0.3, -0.25) is 4.79 Å². The van der Waals surface area contributed by atoms with Gasteiger partial charge in [0.25, 0.3) is 5.91 Å². The summed E-state index contributed by atoms with van der Waals surface area (Å²) < 4.78 is 2.22. The third-order valence-corrected chi connectivity index (χ3v) is 6.40. The summed E-state index contributed by atoms with van der Waals surface area (Å²) in [5.41, 5.74) is 10.5. The van der Waals surface area contributed by atoms with Crippen molar-refractivity contribution in [3.8, 4) is 28.2 Å². The first-order valence-electron chi connectivity index (χ1n) is 12.1. The minimum atomic E-state index is -0.262. The molecule has 0 aliphatic carbocycles. The van der Waals surface area contributed by atoms with Crippen LogP contribution in [0.3, 0.4) is 0 Å². The Bertz CT molecular complexity index is 1640. The molecule has 0 bridgehead atoms. The van der Waals surface area contributed by atoms with Gasteiger partial charge in [-0.15, -0.1) is 0 Å². The highest BCUT2D eigenvalue weighted by molar-refractivity contribution is 6.00. The Morgan fingerprint density at radius 3 is 1.95 bits per heavy atom. The van der Waals surface area contributed by atoms with Crippen LogP contribution in [0.25, 0.3) is 39.1 Å². The van der Waals surface area contributed by atoms with Gasteiger partial charge < -0.3 is 9.55 Å². The van der Waals surface area contributed by atoms with E-state index in [4.69, 9.17) is 0 Å². The molecule has 5 heteroatoms. The van der Waals surface area contributed by atoms with Gasteiger partial charge in [0.1, 0.15) is 0 Å². The average Bonchev–Trinajstić information content (AvgIpc) is 3.59. The van der Waals surface area contributed by atoms with Crippen LogP contribution in [0.5, 0.6) is 0 Å². The van der Waals surface area contributed by atoms with E-state index in [1.165, 1.54) is 0 Å². The highest BCUT2D eigenvalue weighted by Crippen LogP contribution is 2.32. The summed E-state index contributed by atoms with van der Waals surface area (Å²) in [4.78, 5) is 16.0. The standard InChI is InChI=1S/C32H24N4O/c37-32(35-34-22-26-21-33-29-14-8-7-13-28(26)29)25-15-17-27(18-16-25)36-30(23-9-3-1-4-10-23)19-20-31(36)24-11-5-2-6-12-24/h1-22,33H,(H,35,37)/b34-22-. The first-order chi connectivity index (χ1) is 18.3. The smallest absolute Gasteiger partial charge is 0.271 e. The van der Waals surface area contributed by atoms with Gasteiger partial charge in [0.05, 0.1) is 17.6 Å². The maximum absolute atomic E-state index is 12.8. The lowest BCUT2D eigenvalue weighted by Gasteiger charge is -2.15. The number of aromatic amines is 1. The van der Waals surface area contributed by atoms with Crippen molar-refractivity contribution in [2.24, 2.45) is 5.10 Å². The molecule has 0 atom stereocenters. The fourth-order valence-electron chi connectivity index (χ4n) is 4.57. The Kier molecular flexibility index (Phi) is 5.93. The van der Waals surface area contributed by atoms with E-state index in [0.29, 0.717) is 5.56 Å². The van der Waals surface area contributed by atoms with Crippen LogP contribution >= 0.6 is 0 Å². The zero-order chi connectivity index (χ0) is 25.0. The van der Waals surface area contributed by atoms with Gasteiger partial charge >= 0.3 is 0 Å². The number of amides is 1. The van der Waals surface area contributed by atoms with Gasteiger partial charge in [0.2, 0.25) is 0 Å². The number of para-hydroxylation sites is 1. The first kappa shape index (κ1) is 22.3. The predicted molar refractivity (Wildman–Crippen MR) is 150 cm³/mol. The molecular formula is C32H24N4O. The maximum atomic E-state index is 12.8. The third kappa shape index (κ3) is 4.46. The number of aromatic nitrogens is 2. The van der Waals surface area contributed by atoms with Crippen LogP contribution in [0.2, 0.25) is 0 Å². The van der Waals surface area contributed by atoms with Gasteiger partial charge in [0.15, 0.2) is 0 Å².